The van der Waals surface area contributed by atoms with Gasteiger partial charge in [0.15, 0.2) is 17.2 Å². The minimum Gasteiger partial charge on any atom is -0.502 e. The molecule has 4 aromatic rings. The molecular weight excluding hydrogens is 420 g/mol. The van der Waals surface area contributed by atoms with Crippen molar-refractivity contribution in [2.45, 2.75) is 13.8 Å². The van der Waals surface area contributed by atoms with Crippen molar-refractivity contribution in [3.8, 4) is 11.4 Å². The Morgan fingerprint density at radius 1 is 1.23 bits per heavy atom. The molecule has 4 rings (SSSR count). The van der Waals surface area contributed by atoms with E-state index in [4.69, 9.17) is 11.6 Å². The Morgan fingerprint density at radius 2 is 2.03 bits per heavy atom. The number of aromatic nitrogens is 3. The van der Waals surface area contributed by atoms with Crippen molar-refractivity contribution in [1.29, 1.82) is 0 Å². The number of nitro benzene ring substituents is 1. The van der Waals surface area contributed by atoms with Crippen LogP contribution in [0.4, 0.5) is 11.5 Å². The highest BCUT2D eigenvalue weighted by molar-refractivity contribution is 6.30. The summed E-state index contributed by atoms with van der Waals surface area (Å²) in [6, 6.07) is 11.5. The fourth-order valence-corrected chi connectivity index (χ4v) is 3.53. The van der Waals surface area contributed by atoms with Crippen LogP contribution in [0.5, 0.6) is 5.75 Å². The van der Waals surface area contributed by atoms with Crippen molar-refractivity contribution in [2.24, 2.45) is 5.10 Å². The number of fused-ring (bicyclic) bond motifs is 1. The summed E-state index contributed by atoms with van der Waals surface area (Å²) in [5.41, 5.74) is 6.50. The van der Waals surface area contributed by atoms with Crippen LogP contribution < -0.4 is 5.43 Å². The number of nitrogens with one attached hydrogen (secondary N) is 1. The van der Waals surface area contributed by atoms with Gasteiger partial charge >= 0.3 is 5.69 Å². The van der Waals surface area contributed by atoms with E-state index in [-0.39, 0.29) is 0 Å². The molecular formula is C21H17ClN6O3. The normalized spacial score (nSPS) is 11.3. The van der Waals surface area contributed by atoms with E-state index in [2.05, 4.69) is 20.5 Å². The molecule has 0 radical (unpaired) electrons. The molecule has 31 heavy (non-hydrogen) atoms. The third kappa shape index (κ3) is 3.78. The Kier molecular flexibility index (Phi) is 5.26. The molecule has 10 heteroatoms. The van der Waals surface area contributed by atoms with Gasteiger partial charge in [-0.05, 0) is 49.7 Å². The Balaban J connectivity index is 1.71. The SMILES string of the molecule is Cc1c(C)n(-c2cccc(Cl)c2)c2ncnc(N/N=C\c3ccc(O)c([N+](=O)[O-])c3)c12. The number of anilines is 1. The van der Waals surface area contributed by atoms with Gasteiger partial charge < -0.3 is 5.11 Å². The van der Waals surface area contributed by atoms with Gasteiger partial charge in [-0.3, -0.25) is 20.1 Å². The highest BCUT2D eigenvalue weighted by atomic mass is 35.5. The van der Waals surface area contributed by atoms with Gasteiger partial charge in [-0.25, -0.2) is 9.97 Å². The molecule has 0 amide bonds. The largest absolute Gasteiger partial charge is 0.502 e. The zero-order valence-corrected chi connectivity index (χ0v) is 17.3. The zero-order valence-electron chi connectivity index (χ0n) is 16.6. The molecule has 0 saturated heterocycles. The first-order valence-corrected chi connectivity index (χ1v) is 9.59. The summed E-state index contributed by atoms with van der Waals surface area (Å²) < 4.78 is 2.00. The van der Waals surface area contributed by atoms with Crippen LogP contribution >= 0.6 is 11.6 Å². The lowest BCUT2D eigenvalue weighted by molar-refractivity contribution is -0.385. The lowest BCUT2D eigenvalue weighted by atomic mass is 10.2. The highest BCUT2D eigenvalue weighted by Gasteiger charge is 2.18. The van der Waals surface area contributed by atoms with E-state index in [1.807, 2.05) is 42.7 Å². The lowest BCUT2D eigenvalue weighted by Crippen LogP contribution is -1.99. The molecule has 0 fully saturated rings. The Labute approximate surface area is 181 Å². The predicted octanol–water partition coefficient (Wildman–Crippen LogP) is 4.75. The smallest absolute Gasteiger partial charge is 0.311 e. The minimum atomic E-state index is -0.654. The third-order valence-corrected chi connectivity index (χ3v) is 5.17. The van der Waals surface area contributed by atoms with E-state index in [9.17, 15) is 15.2 Å². The number of halogens is 1. The molecule has 0 aliphatic carbocycles. The van der Waals surface area contributed by atoms with Crippen molar-refractivity contribution in [3.05, 3.63) is 80.7 Å². The van der Waals surface area contributed by atoms with E-state index < -0.39 is 16.4 Å². The van der Waals surface area contributed by atoms with Gasteiger partial charge in [-0.2, -0.15) is 5.10 Å². The molecule has 2 aromatic carbocycles. The summed E-state index contributed by atoms with van der Waals surface area (Å²) in [7, 11) is 0. The highest BCUT2D eigenvalue weighted by Crippen LogP contribution is 2.32. The number of nitro groups is 1. The van der Waals surface area contributed by atoms with Gasteiger partial charge in [0.25, 0.3) is 0 Å². The first-order valence-electron chi connectivity index (χ1n) is 9.22. The van der Waals surface area contributed by atoms with Crippen molar-refractivity contribution < 1.29 is 10.0 Å². The Morgan fingerprint density at radius 3 is 2.77 bits per heavy atom. The van der Waals surface area contributed by atoms with Crippen LogP contribution in [-0.2, 0) is 0 Å². The second-order valence-corrected chi connectivity index (χ2v) is 7.26. The molecule has 0 aliphatic heterocycles. The quantitative estimate of drug-likeness (QED) is 0.265. The Bertz CT molecular complexity index is 1350. The molecule has 2 aromatic heterocycles. The molecule has 2 heterocycles. The second kappa shape index (κ2) is 8.04. The molecule has 9 nitrogen and oxygen atoms in total. The van der Waals surface area contributed by atoms with Gasteiger partial charge in [-0.1, -0.05) is 17.7 Å². The lowest BCUT2D eigenvalue weighted by Gasteiger charge is -2.08. The van der Waals surface area contributed by atoms with Gasteiger partial charge in [0, 0.05) is 28.0 Å². The Hall–Kier alpha value is -3.98. The zero-order chi connectivity index (χ0) is 22.1. The fourth-order valence-electron chi connectivity index (χ4n) is 3.35. The van der Waals surface area contributed by atoms with E-state index in [0.29, 0.717) is 22.1 Å². The number of rotatable bonds is 5. The van der Waals surface area contributed by atoms with Gasteiger partial charge in [0.05, 0.1) is 16.5 Å². The van der Waals surface area contributed by atoms with Crippen LogP contribution in [0.2, 0.25) is 5.02 Å². The average molecular weight is 437 g/mol. The van der Waals surface area contributed by atoms with Crippen LogP contribution in [-0.4, -0.2) is 30.8 Å². The summed E-state index contributed by atoms with van der Waals surface area (Å²) in [6.07, 6.45) is 2.85. The summed E-state index contributed by atoms with van der Waals surface area (Å²) in [6.45, 7) is 3.96. The molecule has 0 bridgehead atoms. The van der Waals surface area contributed by atoms with Crippen molar-refractivity contribution in [2.75, 3.05) is 5.43 Å². The van der Waals surface area contributed by atoms with Crippen molar-refractivity contribution >= 4 is 40.4 Å². The van der Waals surface area contributed by atoms with E-state index in [0.717, 1.165) is 22.3 Å². The number of phenolic OH excluding ortho intramolecular Hbond substituents is 1. The maximum atomic E-state index is 11.0. The van der Waals surface area contributed by atoms with Crippen LogP contribution in [0, 0.1) is 24.0 Å². The van der Waals surface area contributed by atoms with Gasteiger partial charge in [-0.15, -0.1) is 0 Å². The monoisotopic (exact) mass is 436 g/mol. The summed E-state index contributed by atoms with van der Waals surface area (Å²) in [5, 5.41) is 26.1. The number of phenols is 1. The summed E-state index contributed by atoms with van der Waals surface area (Å²) in [4.78, 5) is 19.1. The first-order chi connectivity index (χ1) is 14.9. The van der Waals surface area contributed by atoms with E-state index >= 15 is 0 Å². The molecule has 156 valence electrons. The number of aryl methyl sites for hydroxylation is 1. The van der Waals surface area contributed by atoms with Gasteiger partial charge in [0.1, 0.15) is 6.33 Å². The van der Waals surface area contributed by atoms with Crippen LogP contribution in [0.25, 0.3) is 16.7 Å². The van der Waals surface area contributed by atoms with E-state index in [1.165, 1.54) is 30.7 Å². The van der Waals surface area contributed by atoms with Crippen LogP contribution in [0.3, 0.4) is 0 Å². The number of nitrogens with zero attached hydrogens (tertiary/aromatic N) is 5. The average Bonchev–Trinajstić information content (AvgIpc) is 3.00. The topological polar surface area (TPSA) is 118 Å². The number of aromatic hydroxyl groups is 1. The second-order valence-electron chi connectivity index (χ2n) is 6.82. The molecule has 0 spiro atoms. The molecule has 0 aliphatic rings. The fraction of sp³-hybridized carbons (Fsp3) is 0.0952. The molecule has 2 N–H and O–H groups in total. The summed E-state index contributed by atoms with van der Waals surface area (Å²) >= 11 is 6.17. The molecule has 0 saturated carbocycles. The van der Waals surface area contributed by atoms with Gasteiger partial charge in [0.2, 0.25) is 0 Å². The molecule has 0 atom stereocenters. The van der Waals surface area contributed by atoms with Crippen molar-refractivity contribution in [3.63, 3.8) is 0 Å². The number of hydrogen-bond acceptors (Lipinski definition) is 7. The summed E-state index contributed by atoms with van der Waals surface area (Å²) in [5.74, 6) is 0.0944. The number of benzene rings is 2. The number of hydrazone groups is 1. The van der Waals surface area contributed by atoms with Crippen LogP contribution in [0.15, 0.2) is 53.9 Å². The molecule has 0 unspecified atom stereocenters. The minimum absolute atomic E-state index is 0.390. The standard InChI is InChI=1S/C21H17ClN6O3/c1-12-13(2)27(16-5-3-4-15(22)9-16)21-19(12)20(23-11-24-21)26-25-10-14-6-7-18(29)17(8-14)28(30)31/h3-11,29H,1-2H3,(H,23,24,26)/b25-10-. The van der Waals surface area contributed by atoms with Crippen LogP contribution in [0.1, 0.15) is 16.8 Å². The number of hydrogen-bond donors (Lipinski definition) is 2. The predicted molar refractivity (Wildman–Crippen MR) is 119 cm³/mol. The van der Waals surface area contributed by atoms with Crippen molar-refractivity contribution in [1.82, 2.24) is 14.5 Å². The maximum Gasteiger partial charge on any atom is 0.311 e. The van der Waals surface area contributed by atoms with E-state index in [1.54, 1.807) is 0 Å². The first kappa shape index (κ1) is 20.3. The third-order valence-electron chi connectivity index (χ3n) is 4.94. The maximum absolute atomic E-state index is 11.0.